The predicted molar refractivity (Wildman–Crippen MR) is 67.5 cm³/mol. The second-order valence-electron chi connectivity index (χ2n) is 4.36. The number of hydrogen-bond donors (Lipinski definition) is 2. The van der Waals surface area contributed by atoms with Crippen LogP contribution in [0.4, 0.5) is 0 Å². The molecule has 2 atom stereocenters. The van der Waals surface area contributed by atoms with Crippen LogP contribution in [0.25, 0.3) is 0 Å². The lowest BCUT2D eigenvalue weighted by atomic mass is 10.2. The molecular weight excluding hydrogens is 208 g/mol. The first kappa shape index (κ1) is 13.3. The van der Waals surface area contributed by atoms with Gasteiger partial charge in [0, 0.05) is 37.5 Å². The zero-order valence-corrected chi connectivity index (χ0v) is 10.7. The van der Waals surface area contributed by atoms with E-state index in [4.69, 9.17) is 5.11 Å². The van der Waals surface area contributed by atoms with Gasteiger partial charge in [0.15, 0.2) is 0 Å². The zero-order chi connectivity index (χ0) is 11.1. The Morgan fingerprint density at radius 1 is 1.47 bits per heavy atom. The molecule has 1 aliphatic rings. The summed E-state index contributed by atoms with van der Waals surface area (Å²) in [5.74, 6) is 2.24. The molecule has 3 nitrogen and oxygen atoms in total. The number of thioether (sulfide) groups is 1. The topological polar surface area (TPSA) is 35.5 Å². The Hall–Kier alpha value is 0.230. The largest absolute Gasteiger partial charge is 0.396 e. The maximum absolute atomic E-state index is 8.62. The van der Waals surface area contributed by atoms with Crippen LogP contribution < -0.4 is 5.32 Å². The highest BCUT2D eigenvalue weighted by atomic mass is 32.2. The van der Waals surface area contributed by atoms with E-state index in [2.05, 4.69) is 24.2 Å². The number of likely N-dealkylation sites (N-methyl/N-ethyl adjacent to an activating group) is 1. The van der Waals surface area contributed by atoms with Crippen molar-refractivity contribution in [2.45, 2.75) is 31.8 Å². The minimum Gasteiger partial charge on any atom is -0.396 e. The van der Waals surface area contributed by atoms with Gasteiger partial charge in [0.2, 0.25) is 0 Å². The van der Waals surface area contributed by atoms with E-state index in [0.29, 0.717) is 12.6 Å². The van der Waals surface area contributed by atoms with E-state index in [0.717, 1.165) is 30.5 Å². The number of aliphatic hydroxyl groups excluding tert-OH is 1. The lowest BCUT2D eigenvalue weighted by Crippen LogP contribution is -2.33. The maximum atomic E-state index is 8.62. The number of likely N-dealkylation sites (tertiary alicyclic amines) is 1. The Labute approximate surface area is 97.6 Å². The normalized spacial score (nSPS) is 27.4. The van der Waals surface area contributed by atoms with Gasteiger partial charge in [0.25, 0.3) is 0 Å². The second-order valence-corrected chi connectivity index (χ2v) is 5.59. The second kappa shape index (κ2) is 7.49. The predicted octanol–water partition coefficient (Wildman–Crippen LogP) is 0.784. The Balaban J connectivity index is 1.92. The van der Waals surface area contributed by atoms with Crippen molar-refractivity contribution in [2.75, 3.05) is 38.2 Å². The first-order chi connectivity index (χ1) is 7.24. The summed E-state index contributed by atoms with van der Waals surface area (Å²) in [6, 6.07) is 1.41. The van der Waals surface area contributed by atoms with Crippen LogP contribution in [0, 0.1) is 0 Å². The third-order valence-electron chi connectivity index (χ3n) is 3.01. The summed E-state index contributed by atoms with van der Waals surface area (Å²) < 4.78 is 0. The van der Waals surface area contributed by atoms with Gasteiger partial charge in [0.1, 0.15) is 0 Å². The summed E-state index contributed by atoms with van der Waals surface area (Å²) in [7, 11) is 2.20. The third kappa shape index (κ3) is 5.20. The van der Waals surface area contributed by atoms with Crippen LogP contribution in [0.2, 0.25) is 0 Å². The maximum Gasteiger partial charge on any atom is 0.0438 e. The summed E-state index contributed by atoms with van der Waals surface area (Å²) >= 11 is 1.93. The monoisotopic (exact) mass is 232 g/mol. The number of aliphatic hydroxyl groups is 1. The van der Waals surface area contributed by atoms with Gasteiger partial charge in [0.05, 0.1) is 0 Å². The molecule has 15 heavy (non-hydrogen) atoms. The van der Waals surface area contributed by atoms with Crippen molar-refractivity contribution >= 4 is 11.8 Å². The summed E-state index contributed by atoms with van der Waals surface area (Å²) in [6.45, 7) is 4.90. The van der Waals surface area contributed by atoms with Gasteiger partial charge in [-0.15, -0.1) is 0 Å². The van der Waals surface area contributed by atoms with Crippen molar-refractivity contribution in [3.63, 3.8) is 0 Å². The van der Waals surface area contributed by atoms with E-state index in [9.17, 15) is 0 Å². The molecule has 0 amide bonds. The van der Waals surface area contributed by atoms with Crippen molar-refractivity contribution in [1.29, 1.82) is 0 Å². The highest BCUT2D eigenvalue weighted by molar-refractivity contribution is 7.99. The Morgan fingerprint density at radius 2 is 2.27 bits per heavy atom. The molecule has 1 rings (SSSR count). The standard InChI is InChI=1S/C11H24N2OS/c1-10-8-11(9-13(10)2)12-4-7-15-6-3-5-14/h10-12,14H,3-9H2,1-2H3. The highest BCUT2D eigenvalue weighted by Crippen LogP contribution is 2.14. The van der Waals surface area contributed by atoms with Crippen molar-refractivity contribution in [2.24, 2.45) is 0 Å². The average Bonchev–Trinajstić information content (AvgIpc) is 2.52. The van der Waals surface area contributed by atoms with E-state index < -0.39 is 0 Å². The minimum absolute atomic E-state index is 0.325. The first-order valence-corrected chi connectivity index (χ1v) is 7.01. The fourth-order valence-corrected chi connectivity index (χ4v) is 2.75. The number of nitrogens with one attached hydrogen (secondary N) is 1. The van der Waals surface area contributed by atoms with Crippen molar-refractivity contribution in [1.82, 2.24) is 10.2 Å². The number of rotatable bonds is 7. The van der Waals surface area contributed by atoms with Gasteiger partial charge in [-0.3, -0.25) is 0 Å². The van der Waals surface area contributed by atoms with E-state index in [1.54, 1.807) is 0 Å². The Morgan fingerprint density at radius 3 is 2.87 bits per heavy atom. The van der Waals surface area contributed by atoms with Gasteiger partial charge in [-0.25, -0.2) is 0 Å². The molecule has 1 saturated heterocycles. The van der Waals surface area contributed by atoms with Crippen LogP contribution in [-0.4, -0.2) is 60.3 Å². The lowest BCUT2D eigenvalue weighted by Gasteiger charge is -2.13. The van der Waals surface area contributed by atoms with Crippen LogP contribution >= 0.6 is 11.8 Å². The molecular formula is C11H24N2OS. The van der Waals surface area contributed by atoms with Crippen molar-refractivity contribution < 1.29 is 5.11 Å². The molecule has 4 heteroatoms. The third-order valence-corrected chi connectivity index (χ3v) is 4.08. The number of nitrogens with zero attached hydrogens (tertiary/aromatic N) is 1. The van der Waals surface area contributed by atoms with Crippen LogP contribution in [0.1, 0.15) is 19.8 Å². The smallest absolute Gasteiger partial charge is 0.0438 e. The molecule has 0 aromatic heterocycles. The van der Waals surface area contributed by atoms with E-state index in [1.807, 2.05) is 11.8 Å². The van der Waals surface area contributed by atoms with E-state index in [1.165, 1.54) is 13.0 Å². The SMILES string of the molecule is CC1CC(NCCSCCCO)CN1C. The zero-order valence-electron chi connectivity index (χ0n) is 9.91. The molecule has 1 fully saturated rings. The molecule has 0 aliphatic carbocycles. The highest BCUT2D eigenvalue weighted by Gasteiger charge is 2.24. The molecule has 1 aliphatic heterocycles. The van der Waals surface area contributed by atoms with E-state index in [-0.39, 0.29) is 0 Å². The lowest BCUT2D eigenvalue weighted by molar-refractivity contribution is 0.296. The minimum atomic E-state index is 0.325. The fourth-order valence-electron chi connectivity index (χ4n) is 1.95. The molecule has 1 heterocycles. The summed E-state index contributed by atoms with van der Waals surface area (Å²) in [6.07, 6.45) is 2.20. The van der Waals surface area contributed by atoms with Crippen molar-refractivity contribution in [3.05, 3.63) is 0 Å². The van der Waals surface area contributed by atoms with Crippen molar-refractivity contribution in [3.8, 4) is 0 Å². The van der Waals surface area contributed by atoms with Gasteiger partial charge < -0.3 is 15.3 Å². The molecule has 0 aromatic rings. The molecule has 2 unspecified atom stereocenters. The van der Waals surface area contributed by atoms with Gasteiger partial charge in [-0.05, 0) is 32.6 Å². The van der Waals surface area contributed by atoms with Crippen LogP contribution in [-0.2, 0) is 0 Å². The Bertz CT molecular complexity index is 159. The molecule has 0 saturated carbocycles. The quantitative estimate of drug-likeness (QED) is 0.636. The number of hydrogen-bond acceptors (Lipinski definition) is 4. The molecule has 0 radical (unpaired) electrons. The molecule has 0 aromatic carbocycles. The summed E-state index contributed by atoms with van der Waals surface area (Å²) in [5.41, 5.74) is 0. The Kier molecular flexibility index (Phi) is 6.64. The molecule has 90 valence electrons. The van der Waals surface area contributed by atoms with Gasteiger partial charge in [-0.2, -0.15) is 11.8 Å². The molecule has 2 N–H and O–H groups in total. The first-order valence-electron chi connectivity index (χ1n) is 5.86. The average molecular weight is 232 g/mol. The van der Waals surface area contributed by atoms with Crippen LogP contribution in [0.3, 0.4) is 0 Å². The van der Waals surface area contributed by atoms with Crippen LogP contribution in [0.5, 0.6) is 0 Å². The van der Waals surface area contributed by atoms with Gasteiger partial charge >= 0.3 is 0 Å². The molecule has 0 spiro atoms. The summed E-state index contributed by atoms with van der Waals surface area (Å²) in [5, 5.41) is 12.2. The van der Waals surface area contributed by atoms with Gasteiger partial charge in [-0.1, -0.05) is 0 Å². The summed E-state index contributed by atoms with van der Waals surface area (Å²) in [4.78, 5) is 2.41. The molecule has 0 bridgehead atoms. The fraction of sp³-hybridized carbons (Fsp3) is 1.00. The van der Waals surface area contributed by atoms with Crippen LogP contribution in [0.15, 0.2) is 0 Å². The van der Waals surface area contributed by atoms with E-state index >= 15 is 0 Å².